The second-order valence-corrected chi connectivity index (χ2v) is 5.53. The number of fused-ring (bicyclic) bond motifs is 1. The first-order chi connectivity index (χ1) is 9.52. The Kier molecular flexibility index (Phi) is 4.24. The average Bonchev–Trinajstić information content (AvgIpc) is 2.45. The van der Waals surface area contributed by atoms with Gasteiger partial charge in [0.05, 0.1) is 23.2 Å². The Labute approximate surface area is 120 Å². The number of carbonyl (C=O) groups is 2. The molecule has 1 heterocycles. The molecule has 1 aromatic heterocycles. The first kappa shape index (κ1) is 14.3. The summed E-state index contributed by atoms with van der Waals surface area (Å²) in [6.07, 6.45) is 0. The second-order valence-electron chi connectivity index (χ2n) is 4.17. The van der Waals surface area contributed by atoms with Crippen LogP contribution in [0.25, 0.3) is 10.9 Å². The minimum Gasteiger partial charge on any atom is -0.468 e. The van der Waals surface area contributed by atoms with E-state index in [-0.39, 0.29) is 5.97 Å². The lowest BCUT2D eigenvalue weighted by Gasteiger charge is -2.10. The lowest BCUT2D eigenvalue weighted by molar-refractivity contribution is -0.139. The molecule has 6 heteroatoms. The quantitative estimate of drug-likeness (QED) is 0.688. The van der Waals surface area contributed by atoms with Crippen LogP contribution in [0.15, 0.2) is 35.4 Å². The summed E-state index contributed by atoms with van der Waals surface area (Å²) in [5.41, 5.74) is 6.47. The van der Waals surface area contributed by atoms with Crippen molar-refractivity contribution >= 4 is 34.5 Å². The van der Waals surface area contributed by atoms with Crippen molar-refractivity contribution in [3.63, 3.8) is 0 Å². The topological polar surface area (TPSA) is 82.3 Å². The first-order valence-electron chi connectivity index (χ1n) is 5.97. The highest BCUT2D eigenvalue weighted by Crippen LogP contribution is 2.27. The van der Waals surface area contributed by atoms with Crippen LogP contribution in [0.2, 0.25) is 0 Å². The van der Waals surface area contributed by atoms with Crippen LogP contribution in [0.3, 0.4) is 0 Å². The van der Waals surface area contributed by atoms with Gasteiger partial charge in [-0.2, -0.15) is 0 Å². The van der Waals surface area contributed by atoms with Crippen molar-refractivity contribution in [2.75, 3.05) is 7.11 Å². The number of methoxy groups -OCH3 is 1. The van der Waals surface area contributed by atoms with Crippen LogP contribution in [0.5, 0.6) is 0 Å². The van der Waals surface area contributed by atoms with Gasteiger partial charge in [-0.25, -0.2) is 4.98 Å². The maximum absolute atomic E-state index is 11.5. The molecule has 1 aromatic carbocycles. The number of hydrogen-bond donors (Lipinski definition) is 1. The summed E-state index contributed by atoms with van der Waals surface area (Å²) in [6, 6.07) is 8.85. The highest BCUT2D eigenvalue weighted by molar-refractivity contribution is 8.00. The number of hydrogen-bond acceptors (Lipinski definition) is 5. The number of benzene rings is 1. The minimum atomic E-state index is -0.517. The molecule has 0 aliphatic rings. The molecule has 0 radical (unpaired) electrons. The summed E-state index contributed by atoms with van der Waals surface area (Å²) in [6.45, 7) is 1.72. The molecule has 0 bridgehead atoms. The number of nitrogens with two attached hydrogens (primary N) is 1. The van der Waals surface area contributed by atoms with Crippen LogP contribution in [0.1, 0.15) is 17.3 Å². The molecule has 104 valence electrons. The maximum Gasteiger partial charge on any atom is 0.318 e. The predicted octanol–water partition coefficient (Wildman–Crippen LogP) is 1.99. The molecule has 1 unspecified atom stereocenters. The van der Waals surface area contributed by atoms with Gasteiger partial charge in [0.2, 0.25) is 5.91 Å². The van der Waals surface area contributed by atoms with Crippen LogP contribution in [-0.4, -0.2) is 29.2 Å². The van der Waals surface area contributed by atoms with Crippen molar-refractivity contribution in [3.8, 4) is 0 Å². The smallest absolute Gasteiger partial charge is 0.318 e. The van der Waals surface area contributed by atoms with Gasteiger partial charge in [0, 0.05) is 5.39 Å². The SMILES string of the molecule is COC(=O)C(C)Sc1cc(C(N)=O)c2ccccc2n1. The van der Waals surface area contributed by atoms with Gasteiger partial charge in [0.1, 0.15) is 5.25 Å². The highest BCUT2D eigenvalue weighted by atomic mass is 32.2. The molecule has 0 saturated heterocycles. The lowest BCUT2D eigenvalue weighted by Crippen LogP contribution is -2.16. The summed E-state index contributed by atoms with van der Waals surface area (Å²) in [5.74, 6) is -0.859. The van der Waals surface area contributed by atoms with E-state index in [2.05, 4.69) is 9.72 Å². The van der Waals surface area contributed by atoms with E-state index in [4.69, 9.17) is 5.73 Å². The largest absolute Gasteiger partial charge is 0.468 e. The zero-order valence-electron chi connectivity index (χ0n) is 11.1. The number of nitrogens with zero attached hydrogens (tertiary/aromatic N) is 1. The van der Waals surface area contributed by atoms with E-state index in [1.54, 1.807) is 25.1 Å². The van der Waals surface area contributed by atoms with Crippen molar-refractivity contribution in [1.82, 2.24) is 4.98 Å². The van der Waals surface area contributed by atoms with Crippen LogP contribution in [0.4, 0.5) is 0 Å². The Hall–Kier alpha value is -2.08. The fourth-order valence-corrected chi connectivity index (χ4v) is 2.70. The first-order valence-corrected chi connectivity index (χ1v) is 6.85. The third kappa shape index (κ3) is 2.91. The number of primary amides is 1. The Morgan fingerprint density at radius 3 is 2.70 bits per heavy atom. The number of ether oxygens (including phenoxy) is 1. The van der Waals surface area contributed by atoms with Gasteiger partial charge in [-0.05, 0) is 19.1 Å². The Bertz CT molecular complexity index is 673. The van der Waals surface area contributed by atoms with E-state index < -0.39 is 11.2 Å². The molecule has 5 nitrogen and oxygen atoms in total. The van der Waals surface area contributed by atoms with Crippen LogP contribution >= 0.6 is 11.8 Å². The molecule has 2 rings (SSSR count). The monoisotopic (exact) mass is 290 g/mol. The van der Waals surface area contributed by atoms with Crippen molar-refractivity contribution in [3.05, 3.63) is 35.9 Å². The molecular weight excluding hydrogens is 276 g/mol. The Balaban J connectivity index is 2.45. The Morgan fingerprint density at radius 2 is 2.05 bits per heavy atom. The number of para-hydroxylation sites is 1. The van der Waals surface area contributed by atoms with Crippen LogP contribution in [-0.2, 0) is 9.53 Å². The maximum atomic E-state index is 11.5. The van der Waals surface area contributed by atoms with E-state index in [1.807, 2.05) is 12.1 Å². The van der Waals surface area contributed by atoms with Gasteiger partial charge in [-0.3, -0.25) is 9.59 Å². The normalized spacial score (nSPS) is 12.1. The summed E-state index contributed by atoms with van der Waals surface area (Å²) in [4.78, 5) is 27.4. The van der Waals surface area contributed by atoms with Crippen molar-refractivity contribution in [2.45, 2.75) is 17.2 Å². The Morgan fingerprint density at radius 1 is 1.35 bits per heavy atom. The summed E-state index contributed by atoms with van der Waals surface area (Å²) >= 11 is 1.23. The summed E-state index contributed by atoms with van der Waals surface area (Å²) < 4.78 is 4.67. The van der Waals surface area contributed by atoms with Gasteiger partial charge >= 0.3 is 5.97 Å². The minimum absolute atomic E-state index is 0.342. The fraction of sp³-hybridized carbons (Fsp3) is 0.214. The predicted molar refractivity (Wildman–Crippen MR) is 77.6 cm³/mol. The number of esters is 1. The summed E-state index contributed by atoms with van der Waals surface area (Å²) in [7, 11) is 1.34. The molecule has 0 fully saturated rings. The number of pyridine rings is 1. The summed E-state index contributed by atoms with van der Waals surface area (Å²) in [5, 5.41) is 0.861. The molecule has 0 saturated carbocycles. The average molecular weight is 290 g/mol. The van der Waals surface area contributed by atoms with Gasteiger partial charge in [0.15, 0.2) is 0 Å². The molecule has 2 aromatic rings. The van der Waals surface area contributed by atoms with Gasteiger partial charge in [-0.15, -0.1) is 0 Å². The molecule has 0 aliphatic carbocycles. The lowest BCUT2D eigenvalue weighted by atomic mass is 10.1. The van der Waals surface area contributed by atoms with Crippen LogP contribution in [0, 0.1) is 0 Å². The second kappa shape index (κ2) is 5.92. The molecule has 0 aliphatic heterocycles. The van der Waals surface area contributed by atoms with Gasteiger partial charge < -0.3 is 10.5 Å². The number of aromatic nitrogens is 1. The van der Waals surface area contributed by atoms with E-state index in [9.17, 15) is 9.59 Å². The van der Waals surface area contributed by atoms with Crippen molar-refractivity contribution in [2.24, 2.45) is 5.73 Å². The molecule has 1 atom stereocenters. The van der Waals surface area contributed by atoms with Gasteiger partial charge in [0.25, 0.3) is 0 Å². The molecule has 1 amide bonds. The van der Waals surface area contributed by atoms with Gasteiger partial charge in [-0.1, -0.05) is 30.0 Å². The molecule has 20 heavy (non-hydrogen) atoms. The highest BCUT2D eigenvalue weighted by Gasteiger charge is 2.17. The van der Waals surface area contributed by atoms with Crippen LogP contribution < -0.4 is 5.73 Å². The van der Waals surface area contributed by atoms with Crippen molar-refractivity contribution < 1.29 is 14.3 Å². The van der Waals surface area contributed by atoms with E-state index in [1.165, 1.54) is 18.9 Å². The third-order valence-corrected chi connectivity index (χ3v) is 3.79. The number of amides is 1. The molecule has 0 spiro atoms. The van der Waals surface area contributed by atoms with E-state index >= 15 is 0 Å². The fourth-order valence-electron chi connectivity index (χ4n) is 1.81. The van der Waals surface area contributed by atoms with Crippen molar-refractivity contribution in [1.29, 1.82) is 0 Å². The number of thioether (sulfide) groups is 1. The third-order valence-electron chi connectivity index (χ3n) is 2.79. The standard InChI is InChI=1S/C14H14N2O3S/c1-8(14(18)19-2)20-12-7-10(13(15)17)9-5-3-4-6-11(9)16-12/h3-8H,1-2H3,(H2,15,17). The van der Waals surface area contributed by atoms with E-state index in [0.29, 0.717) is 21.5 Å². The zero-order chi connectivity index (χ0) is 14.7. The zero-order valence-corrected chi connectivity index (χ0v) is 11.9. The number of rotatable bonds is 4. The van der Waals surface area contributed by atoms with E-state index in [0.717, 1.165) is 0 Å². The number of carbonyl (C=O) groups excluding carboxylic acids is 2. The molecular formula is C14H14N2O3S. The molecule has 2 N–H and O–H groups in total.